The van der Waals surface area contributed by atoms with Gasteiger partial charge in [0.05, 0.1) is 12.3 Å². The van der Waals surface area contributed by atoms with Crippen LogP contribution in [0.5, 0.6) is 5.75 Å². The molecule has 0 radical (unpaired) electrons. The maximum atomic E-state index is 13.2. The summed E-state index contributed by atoms with van der Waals surface area (Å²) in [5.41, 5.74) is 3.68. The molecule has 0 N–H and O–H groups in total. The van der Waals surface area contributed by atoms with E-state index in [4.69, 9.17) is 4.74 Å². The predicted molar refractivity (Wildman–Crippen MR) is 97.2 cm³/mol. The first-order valence-corrected chi connectivity index (χ1v) is 8.38. The van der Waals surface area contributed by atoms with E-state index in [9.17, 15) is 9.59 Å². The van der Waals surface area contributed by atoms with Crippen LogP contribution >= 0.6 is 0 Å². The minimum Gasteiger partial charge on any atom is -0.426 e. The Morgan fingerprint density at radius 1 is 1.00 bits per heavy atom. The van der Waals surface area contributed by atoms with Crippen molar-refractivity contribution in [1.82, 2.24) is 0 Å². The van der Waals surface area contributed by atoms with Crippen molar-refractivity contribution in [2.75, 3.05) is 0 Å². The molecule has 1 unspecified atom stereocenters. The lowest BCUT2D eigenvalue weighted by Crippen LogP contribution is -2.26. The molecule has 0 aromatic heterocycles. The summed E-state index contributed by atoms with van der Waals surface area (Å²) >= 11 is 0. The minimum absolute atomic E-state index is 0.0302. The van der Waals surface area contributed by atoms with Gasteiger partial charge in [-0.1, -0.05) is 42.5 Å². The molecule has 124 valence electrons. The van der Waals surface area contributed by atoms with Crippen molar-refractivity contribution in [2.24, 2.45) is 0 Å². The monoisotopic (exact) mass is 330 g/mol. The van der Waals surface area contributed by atoms with Crippen LogP contribution in [0.25, 0.3) is 10.8 Å². The number of fused-ring (bicyclic) bond motifs is 3. The van der Waals surface area contributed by atoms with Crippen molar-refractivity contribution in [3.63, 3.8) is 0 Å². The summed E-state index contributed by atoms with van der Waals surface area (Å²) < 4.78 is 5.41. The molecule has 25 heavy (non-hydrogen) atoms. The summed E-state index contributed by atoms with van der Waals surface area (Å²) in [4.78, 5) is 25.3. The van der Waals surface area contributed by atoms with Crippen LogP contribution in [0.15, 0.2) is 54.6 Å². The lowest BCUT2D eigenvalue weighted by molar-refractivity contribution is -0.135. The van der Waals surface area contributed by atoms with Gasteiger partial charge in [-0.15, -0.1) is 0 Å². The molecule has 3 heteroatoms. The Morgan fingerprint density at radius 3 is 2.60 bits per heavy atom. The van der Waals surface area contributed by atoms with Crippen molar-refractivity contribution in [1.29, 1.82) is 0 Å². The summed E-state index contributed by atoms with van der Waals surface area (Å²) in [5.74, 6) is -0.399. The van der Waals surface area contributed by atoms with Crippen molar-refractivity contribution in [3.8, 4) is 5.75 Å². The van der Waals surface area contributed by atoms with Crippen LogP contribution in [0.2, 0.25) is 0 Å². The molecule has 1 aliphatic rings. The third-order valence-corrected chi connectivity index (χ3v) is 4.98. The first-order valence-electron chi connectivity index (χ1n) is 8.38. The van der Waals surface area contributed by atoms with Gasteiger partial charge in [0.1, 0.15) is 5.75 Å². The average Bonchev–Trinajstić information content (AvgIpc) is 2.62. The first kappa shape index (κ1) is 15.6. The Hall–Kier alpha value is -2.94. The molecular formula is C22H18O3. The molecule has 0 amide bonds. The number of aryl methyl sites for hydroxylation is 2. The zero-order chi connectivity index (χ0) is 17.6. The standard InChI is InChI=1S/C22H18O3/c1-13-7-8-16(11-14(13)2)22(24)18-12-20(23)25-19-10-9-15-5-3-4-6-17(15)21(18)19/h3-11,18H,12H2,1-2H3. The minimum atomic E-state index is -0.510. The normalized spacial score (nSPS) is 16.4. The summed E-state index contributed by atoms with van der Waals surface area (Å²) in [7, 11) is 0. The summed E-state index contributed by atoms with van der Waals surface area (Å²) in [6, 6.07) is 17.3. The zero-order valence-corrected chi connectivity index (χ0v) is 14.2. The van der Waals surface area contributed by atoms with Gasteiger partial charge in [0, 0.05) is 11.1 Å². The first-order chi connectivity index (χ1) is 12.0. The van der Waals surface area contributed by atoms with Gasteiger partial charge in [-0.25, -0.2) is 0 Å². The fourth-order valence-electron chi connectivity index (χ4n) is 3.48. The largest absolute Gasteiger partial charge is 0.426 e. The molecule has 4 rings (SSSR count). The van der Waals surface area contributed by atoms with E-state index in [1.165, 1.54) is 0 Å². The van der Waals surface area contributed by atoms with E-state index in [0.717, 1.165) is 27.5 Å². The van der Waals surface area contributed by atoms with Gasteiger partial charge in [0.25, 0.3) is 0 Å². The number of carbonyl (C=O) groups excluding carboxylic acids is 2. The fraction of sp³-hybridized carbons (Fsp3) is 0.182. The number of hydrogen-bond acceptors (Lipinski definition) is 3. The Morgan fingerprint density at radius 2 is 1.80 bits per heavy atom. The lowest BCUT2D eigenvalue weighted by atomic mass is 9.83. The van der Waals surface area contributed by atoms with Crippen LogP contribution in [0.4, 0.5) is 0 Å². The second-order valence-electron chi connectivity index (χ2n) is 6.59. The van der Waals surface area contributed by atoms with Gasteiger partial charge in [0.15, 0.2) is 5.78 Å². The molecule has 1 heterocycles. The van der Waals surface area contributed by atoms with E-state index in [2.05, 4.69) is 0 Å². The van der Waals surface area contributed by atoms with Gasteiger partial charge in [0.2, 0.25) is 0 Å². The van der Waals surface area contributed by atoms with Crippen molar-refractivity contribution < 1.29 is 14.3 Å². The number of Topliss-reactive ketones (excluding diaryl/α,β-unsaturated/α-hetero) is 1. The highest BCUT2D eigenvalue weighted by Crippen LogP contribution is 2.41. The molecule has 3 aromatic rings. The van der Waals surface area contributed by atoms with Crippen LogP contribution < -0.4 is 4.74 Å². The Labute approximate surface area is 146 Å². The molecule has 0 aliphatic carbocycles. The van der Waals surface area contributed by atoms with Crippen LogP contribution in [0.1, 0.15) is 39.4 Å². The number of ketones is 1. The molecule has 0 saturated carbocycles. The molecule has 0 saturated heterocycles. The fourth-order valence-corrected chi connectivity index (χ4v) is 3.48. The van der Waals surface area contributed by atoms with Crippen molar-refractivity contribution in [3.05, 3.63) is 76.9 Å². The number of carbonyl (C=O) groups is 2. The zero-order valence-electron chi connectivity index (χ0n) is 14.2. The van der Waals surface area contributed by atoms with Crippen LogP contribution in [0.3, 0.4) is 0 Å². The number of benzene rings is 3. The van der Waals surface area contributed by atoms with Crippen LogP contribution in [-0.4, -0.2) is 11.8 Å². The molecule has 0 spiro atoms. The van der Waals surface area contributed by atoms with Gasteiger partial charge in [-0.3, -0.25) is 9.59 Å². The van der Waals surface area contributed by atoms with E-state index >= 15 is 0 Å². The summed E-state index contributed by atoms with van der Waals surface area (Å²) in [6.07, 6.45) is 0.0762. The van der Waals surface area contributed by atoms with E-state index < -0.39 is 5.92 Å². The van der Waals surface area contributed by atoms with E-state index in [1.807, 2.05) is 62.4 Å². The SMILES string of the molecule is Cc1ccc(C(=O)C2CC(=O)Oc3ccc4ccccc4c32)cc1C. The molecule has 1 atom stereocenters. The van der Waals surface area contributed by atoms with Gasteiger partial charge in [-0.2, -0.15) is 0 Å². The van der Waals surface area contributed by atoms with Crippen molar-refractivity contribution >= 4 is 22.5 Å². The number of ether oxygens (including phenoxy) is 1. The van der Waals surface area contributed by atoms with E-state index in [0.29, 0.717) is 11.3 Å². The topological polar surface area (TPSA) is 43.4 Å². The predicted octanol–water partition coefficient (Wildman–Crippen LogP) is 4.73. The van der Waals surface area contributed by atoms with Gasteiger partial charge < -0.3 is 4.74 Å². The molecule has 3 aromatic carbocycles. The third-order valence-electron chi connectivity index (χ3n) is 4.98. The Bertz CT molecular complexity index is 1020. The van der Waals surface area contributed by atoms with Crippen LogP contribution in [-0.2, 0) is 4.79 Å². The average molecular weight is 330 g/mol. The van der Waals surface area contributed by atoms with Crippen LogP contribution in [0, 0.1) is 13.8 Å². The maximum absolute atomic E-state index is 13.2. The highest BCUT2D eigenvalue weighted by molar-refractivity contribution is 6.07. The smallest absolute Gasteiger partial charge is 0.312 e. The van der Waals surface area contributed by atoms with E-state index in [1.54, 1.807) is 6.07 Å². The molecular weight excluding hydrogens is 312 g/mol. The number of rotatable bonds is 2. The lowest BCUT2D eigenvalue weighted by Gasteiger charge is -2.25. The quantitative estimate of drug-likeness (QED) is 0.387. The third kappa shape index (κ3) is 2.62. The Kier molecular flexibility index (Phi) is 3.65. The maximum Gasteiger partial charge on any atom is 0.312 e. The Balaban J connectivity index is 1.88. The molecule has 1 aliphatic heterocycles. The highest BCUT2D eigenvalue weighted by atomic mass is 16.5. The summed E-state index contributed by atoms with van der Waals surface area (Å²) in [5, 5.41) is 2.01. The number of esters is 1. The second-order valence-corrected chi connectivity index (χ2v) is 6.59. The molecule has 0 bridgehead atoms. The van der Waals surface area contributed by atoms with Crippen molar-refractivity contribution in [2.45, 2.75) is 26.2 Å². The van der Waals surface area contributed by atoms with Gasteiger partial charge in [-0.05, 0) is 47.9 Å². The molecule has 3 nitrogen and oxygen atoms in total. The molecule has 0 fully saturated rings. The highest BCUT2D eigenvalue weighted by Gasteiger charge is 2.34. The second kappa shape index (κ2) is 5.85. The number of hydrogen-bond donors (Lipinski definition) is 0. The van der Waals surface area contributed by atoms with E-state index in [-0.39, 0.29) is 18.2 Å². The summed E-state index contributed by atoms with van der Waals surface area (Å²) in [6.45, 7) is 4.01. The van der Waals surface area contributed by atoms with Gasteiger partial charge >= 0.3 is 5.97 Å².